The molecule has 29 heavy (non-hydrogen) atoms. The summed E-state index contributed by atoms with van der Waals surface area (Å²) in [7, 11) is 2.09. The molecule has 0 bridgehead atoms. The summed E-state index contributed by atoms with van der Waals surface area (Å²) < 4.78 is 53.6. The Morgan fingerprint density at radius 3 is 2.28 bits per heavy atom. The van der Waals surface area contributed by atoms with Gasteiger partial charge < -0.3 is 0 Å². The molecular weight excluding hydrogens is 380 g/mol. The number of rotatable bonds is 2. The van der Waals surface area contributed by atoms with Crippen molar-refractivity contribution < 1.29 is 17.6 Å². The van der Waals surface area contributed by atoms with Crippen LogP contribution in [-0.2, 0) is 6.18 Å². The van der Waals surface area contributed by atoms with Gasteiger partial charge in [0.25, 0.3) is 0 Å². The Labute approximate surface area is 169 Å². The normalized spacial score (nSPS) is 25.2. The lowest BCUT2D eigenvalue weighted by molar-refractivity contribution is -0.137. The molecule has 1 saturated heterocycles. The molecule has 2 nitrogen and oxygen atoms in total. The van der Waals surface area contributed by atoms with Gasteiger partial charge in [0.15, 0.2) is 0 Å². The van der Waals surface area contributed by atoms with Crippen LogP contribution in [0.15, 0.2) is 42.5 Å². The zero-order valence-corrected chi connectivity index (χ0v) is 16.9. The molecule has 1 aliphatic carbocycles. The van der Waals surface area contributed by atoms with Crippen LogP contribution in [-0.4, -0.2) is 42.0 Å². The molecule has 0 aromatic heterocycles. The van der Waals surface area contributed by atoms with Crippen molar-refractivity contribution in [2.24, 2.45) is 0 Å². The van der Waals surface area contributed by atoms with Crippen LogP contribution in [0.2, 0.25) is 0 Å². The maximum absolute atomic E-state index is 13.4. The third-order valence-corrected chi connectivity index (χ3v) is 6.67. The first-order valence-electron chi connectivity index (χ1n) is 9.98. The van der Waals surface area contributed by atoms with E-state index in [1.54, 1.807) is 18.2 Å². The maximum atomic E-state index is 13.4. The molecular formula is C23H26F4N2. The lowest BCUT2D eigenvalue weighted by Gasteiger charge is -2.47. The van der Waals surface area contributed by atoms with Crippen LogP contribution in [0.5, 0.6) is 0 Å². The van der Waals surface area contributed by atoms with E-state index in [1.165, 1.54) is 24.3 Å². The Kier molecular flexibility index (Phi) is 4.98. The molecule has 0 unspecified atom stereocenters. The van der Waals surface area contributed by atoms with E-state index in [2.05, 4.69) is 30.7 Å². The highest BCUT2D eigenvalue weighted by atomic mass is 19.4. The van der Waals surface area contributed by atoms with Gasteiger partial charge in [0.2, 0.25) is 0 Å². The number of alkyl halides is 3. The van der Waals surface area contributed by atoms with Gasteiger partial charge in [-0.05, 0) is 68.3 Å². The van der Waals surface area contributed by atoms with Gasteiger partial charge in [-0.25, -0.2) is 4.39 Å². The van der Waals surface area contributed by atoms with Crippen LogP contribution >= 0.6 is 0 Å². The van der Waals surface area contributed by atoms with Crippen molar-refractivity contribution in [3.8, 4) is 0 Å². The molecule has 2 aromatic carbocycles. The van der Waals surface area contributed by atoms with Crippen LogP contribution in [0.4, 0.5) is 17.6 Å². The van der Waals surface area contributed by atoms with Gasteiger partial charge in [-0.3, -0.25) is 9.80 Å². The predicted octanol–water partition coefficient (Wildman–Crippen LogP) is 5.45. The Hall–Kier alpha value is -1.92. The predicted molar refractivity (Wildman–Crippen MR) is 105 cm³/mol. The van der Waals surface area contributed by atoms with Crippen molar-refractivity contribution in [2.75, 3.05) is 26.7 Å². The molecule has 0 spiro atoms. The summed E-state index contributed by atoms with van der Waals surface area (Å²) in [5.74, 6) is -0.336. The molecule has 6 heteroatoms. The molecule has 1 aliphatic heterocycles. The van der Waals surface area contributed by atoms with Crippen LogP contribution in [0.3, 0.4) is 0 Å². The standard InChI is InChI=1S/C23H26F4N2/c1-22(2)14-29(11-10-28(22)3)21-13-19(15-4-7-17(24)8-5-15)18-9-6-16(12-20(18)21)23(25,26)27/h4-9,12,19,21H,10-11,13-14H2,1-3H3/t19-,21+/m0/s1. The number of halogens is 4. The second kappa shape index (κ2) is 7.10. The number of piperazine rings is 1. The quantitative estimate of drug-likeness (QED) is 0.612. The Morgan fingerprint density at radius 2 is 1.66 bits per heavy atom. The van der Waals surface area contributed by atoms with Crippen molar-refractivity contribution in [2.45, 2.75) is 43.9 Å². The summed E-state index contributed by atoms with van der Waals surface area (Å²) in [5.41, 5.74) is 1.98. The number of likely N-dealkylation sites (N-methyl/N-ethyl adjacent to an activating group) is 1. The number of nitrogens with zero attached hydrogens (tertiary/aromatic N) is 2. The minimum atomic E-state index is -4.37. The largest absolute Gasteiger partial charge is 0.416 e. The van der Waals surface area contributed by atoms with Crippen LogP contribution in [0.1, 0.15) is 54.5 Å². The highest BCUT2D eigenvalue weighted by molar-refractivity contribution is 5.47. The summed E-state index contributed by atoms with van der Waals surface area (Å²) in [6.45, 7) is 6.81. The third-order valence-electron chi connectivity index (χ3n) is 6.67. The van der Waals surface area contributed by atoms with Crippen molar-refractivity contribution >= 4 is 0 Å². The summed E-state index contributed by atoms with van der Waals surface area (Å²) in [6.07, 6.45) is -3.66. The summed E-state index contributed by atoms with van der Waals surface area (Å²) in [6, 6.07) is 10.4. The Bertz CT molecular complexity index is 889. The van der Waals surface area contributed by atoms with Crippen molar-refractivity contribution in [3.05, 3.63) is 70.5 Å². The number of fused-ring (bicyclic) bond motifs is 1. The Balaban J connectivity index is 1.74. The van der Waals surface area contributed by atoms with Crippen LogP contribution in [0, 0.1) is 5.82 Å². The Morgan fingerprint density at radius 1 is 0.966 bits per heavy atom. The van der Waals surface area contributed by atoms with E-state index in [0.717, 1.165) is 36.3 Å². The molecule has 0 N–H and O–H groups in total. The lowest BCUT2D eigenvalue weighted by atomic mass is 9.92. The van der Waals surface area contributed by atoms with Gasteiger partial charge in [0.1, 0.15) is 5.82 Å². The van der Waals surface area contributed by atoms with E-state index in [4.69, 9.17) is 0 Å². The van der Waals surface area contributed by atoms with Crippen LogP contribution < -0.4 is 0 Å². The summed E-state index contributed by atoms with van der Waals surface area (Å²) in [5, 5.41) is 0. The van der Waals surface area contributed by atoms with Crippen LogP contribution in [0.25, 0.3) is 0 Å². The summed E-state index contributed by atoms with van der Waals surface area (Å²) in [4.78, 5) is 4.62. The first-order valence-corrected chi connectivity index (χ1v) is 9.98. The molecule has 0 amide bonds. The van der Waals surface area contributed by atoms with Gasteiger partial charge in [-0.15, -0.1) is 0 Å². The lowest BCUT2D eigenvalue weighted by Crippen LogP contribution is -2.58. The van der Waals surface area contributed by atoms with Crippen molar-refractivity contribution in [1.29, 1.82) is 0 Å². The molecule has 156 valence electrons. The third kappa shape index (κ3) is 3.80. The number of hydrogen-bond acceptors (Lipinski definition) is 2. The molecule has 1 fully saturated rings. The zero-order chi connectivity index (χ0) is 21.0. The maximum Gasteiger partial charge on any atom is 0.416 e. The fourth-order valence-electron chi connectivity index (χ4n) is 4.73. The van der Waals surface area contributed by atoms with E-state index in [-0.39, 0.29) is 23.3 Å². The van der Waals surface area contributed by atoms with Crippen molar-refractivity contribution in [3.63, 3.8) is 0 Å². The van der Waals surface area contributed by atoms with E-state index >= 15 is 0 Å². The fraction of sp³-hybridized carbons (Fsp3) is 0.478. The van der Waals surface area contributed by atoms with Gasteiger partial charge in [-0.1, -0.05) is 18.2 Å². The van der Waals surface area contributed by atoms with Gasteiger partial charge in [0.05, 0.1) is 5.56 Å². The molecule has 0 saturated carbocycles. The minimum absolute atomic E-state index is 0.0272. The first-order chi connectivity index (χ1) is 13.6. The highest BCUT2D eigenvalue weighted by Gasteiger charge is 2.42. The van der Waals surface area contributed by atoms with Crippen molar-refractivity contribution in [1.82, 2.24) is 9.80 Å². The number of benzene rings is 2. The monoisotopic (exact) mass is 406 g/mol. The second-order valence-electron chi connectivity index (χ2n) is 8.90. The molecule has 4 rings (SSSR count). The van der Waals surface area contributed by atoms with Gasteiger partial charge in [-0.2, -0.15) is 13.2 Å². The first kappa shape index (κ1) is 20.4. The molecule has 0 radical (unpaired) electrons. The fourth-order valence-corrected chi connectivity index (χ4v) is 4.73. The van der Waals surface area contributed by atoms with E-state index in [0.29, 0.717) is 6.42 Å². The smallest absolute Gasteiger partial charge is 0.299 e. The summed E-state index contributed by atoms with van der Waals surface area (Å²) >= 11 is 0. The molecule has 2 atom stereocenters. The van der Waals surface area contributed by atoms with Gasteiger partial charge >= 0.3 is 6.18 Å². The second-order valence-corrected chi connectivity index (χ2v) is 8.90. The SMILES string of the molecule is CN1CCN([C@@H]2C[C@@H](c3ccc(F)cc3)c3ccc(C(F)(F)F)cc32)CC1(C)C. The average molecular weight is 406 g/mol. The number of hydrogen-bond donors (Lipinski definition) is 0. The minimum Gasteiger partial charge on any atom is -0.299 e. The van der Waals surface area contributed by atoms with E-state index in [1.807, 2.05) is 0 Å². The topological polar surface area (TPSA) is 6.48 Å². The molecule has 2 aromatic rings. The van der Waals surface area contributed by atoms with E-state index < -0.39 is 11.7 Å². The molecule has 1 heterocycles. The van der Waals surface area contributed by atoms with Gasteiger partial charge in [0, 0.05) is 37.1 Å². The molecule has 2 aliphatic rings. The van der Waals surface area contributed by atoms with E-state index in [9.17, 15) is 17.6 Å². The average Bonchev–Trinajstić information content (AvgIpc) is 3.03. The zero-order valence-electron chi connectivity index (χ0n) is 16.9. The highest BCUT2D eigenvalue weighted by Crippen LogP contribution is 2.49.